The first-order valence-electron chi connectivity index (χ1n) is 14.3. The van der Waals surface area contributed by atoms with E-state index in [1.54, 1.807) is 0 Å². The third-order valence-electron chi connectivity index (χ3n) is 6.43. The van der Waals surface area contributed by atoms with Gasteiger partial charge in [0, 0.05) is 11.7 Å². The van der Waals surface area contributed by atoms with Gasteiger partial charge in [-0.15, -0.1) is 0 Å². The van der Waals surface area contributed by atoms with Crippen LogP contribution in [0.5, 0.6) is 0 Å². The summed E-state index contributed by atoms with van der Waals surface area (Å²) < 4.78 is 5.40. The van der Waals surface area contributed by atoms with Crippen LogP contribution in [-0.2, 0) is 9.53 Å². The molecule has 0 aromatic carbocycles. The maximum Gasteiger partial charge on any atom is 0.305 e. The number of carbonyl (C=O) groups excluding carboxylic acids is 1. The Kier molecular flexibility index (Phi) is 23.8. The van der Waals surface area contributed by atoms with Crippen molar-refractivity contribution in [3.8, 4) is 0 Å². The van der Waals surface area contributed by atoms with Crippen LogP contribution in [0.25, 0.3) is 0 Å². The second kappa shape index (κ2) is 24.0. The Morgan fingerprint density at radius 1 is 0.562 bits per heavy atom. The van der Waals surface area contributed by atoms with Gasteiger partial charge in [0.05, 0.1) is 6.61 Å². The first kappa shape index (κ1) is 31.8. The summed E-state index contributed by atoms with van der Waals surface area (Å²) in [5.74, 6) is 1.68. The van der Waals surface area contributed by atoms with Crippen LogP contribution in [0, 0.1) is 11.8 Å². The Morgan fingerprint density at radius 3 is 1.41 bits per heavy atom. The Labute approximate surface area is 207 Å². The molecule has 0 aliphatic heterocycles. The topological polar surface area (TPSA) is 26.3 Å². The number of unbranched alkanes of at least 4 members (excludes halogenated alkanes) is 12. The van der Waals surface area contributed by atoms with Crippen molar-refractivity contribution in [1.29, 1.82) is 0 Å². The highest BCUT2D eigenvalue weighted by molar-refractivity contribution is 7.80. The van der Waals surface area contributed by atoms with E-state index in [9.17, 15) is 4.79 Å². The lowest BCUT2D eigenvalue weighted by Crippen LogP contribution is -2.07. The van der Waals surface area contributed by atoms with Gasteiger partial charge >= 0.3 is 5.97 Å². The molecule has 1 atom stereocenters. The van der Waals surface area contributed by atoms with Gasteiger partial charge in [-0.3, -0.25) is 4.79 Å². The quantitative estimate of drug-likeness (QED) is 0.0862. The van der Waals surface area contributed by atoms with Gasteiger partial charge in [-0.1, -0.05) is 124 Å². The highest BCUT2D eigenvalue weighted by Crippen LogP contribution is 2.17. The van der Waals surface area contributed by atoms with Gasteiger partial charge in [-0.2, -0.15) is 12.6 Å². The number of thiol groups is 1. The Morgan fingerprint density at radius 2 is 0.938 bits per heavy atom. The lowest BCUT2D eigenvalue weighted by Gasteiger charge is -2.10. The molecule has 0 aromatic rings. The molecular formula is C29H58O2S. The smallest absolute Gasteiger partial charge is 0.305 e. The zero-order valence-electron chi connectivity index (χ0n) is 22.3. The van der Waals surface area contributed by atoms with Crippen LogP contribution in [-0.4, -0.2) is 17.8 Å². The van der Waals surface area contributed by atoms with Crippen molar-refractivity contribution in [1.82, 2.24) is 0 Å². The van der Waals surface area contributed by atoms with Crippen LogP contribution in [0.15, 0.2) is 0 Å². The normalized spacial score (nSPS) is 12.6. The second-order valence-corrected chi connectivity index (χ2v) is 11.6. The van der Waals surface area contributed by atoms with Crippen molar-refractivity contribution in [2.45, 2.75) is 161 Å². The van der Waals surface area contributed by atoms with Gasteiger partial charge in [-0.05, 0) is 37.5 Å². The minimum Gasteiger partial charge on any atom is -0.466 e. The second-order valence-electron chi connectivity index (χ2n) is 10.9. The van der Waals surface area contributed by atoms with Crippen LogP contribution >= 0.6 is 12.6 Å². The summed E-state index contributed by atoms with van der Waals surface area (Å²) in [6.07, 6.45) is 24.9. The summed E-state index contributed by atoms with van der Waals surface area (Å²) in [5.41, 5.74) is 0. The maximum atomic E-state index is 11.9. The third kappa shape index (κ3) is 26.1. The molecule has 1 unspecified atom stereocenters. The van der Waals surface area contributed by atoms with E-state index in [-0.39, 0.29) is 5.97 Å². The number of ether oxygens (including phenoxy) is 1. The van der Waals surface area contributed by atoms with E-state index in [2.05, 4.69) is 27.7 Å². The molecule has 0 aromatic heterocycles. The van der Waals surface area contributed by atoms with E-state index in [1.165, 1.54) is 103 Å². The average molecular weight is 471 g/mol. The molecule has 3 heteroatoms. The van der Waals surface area contributed by atoms with Crippen molar-refractivity contribution in [2.75, 3.05) is 6.61 Å². The predicted molar refractivity (Wildman–Crippen MR) is 146 cm³/mol. The fraction of sp³-hybridized carbons (Fsp3) is 0.966. The molecule has 192 valence electrons. The molecule has 0 rings (SSSR count). The zero-order valence-corrected chi connectivity index (χ0v) is 23.2. The molecule has 0 spiro atoms. The summed E-state index contributed by atoms with van der Waals surface area (Å²) in [7, 11) is 0. The van der Waals surface area contributed by atoms with E-state index in [0.29, 0.717) is 18.3 Å². The molecule has 0 bridgehead atoms. The van der Waals surface area contributed by atoms with E-state index < -0.39 is 0 Å². The van der Waals surface area contributed by atoms with Crippen molar-refractivity contribution in [3.63, 3.8) is 0 Å². The van der Waals surface area contributed by atoms with Gasteiger partial charge in [0.1, 0.15) is 0 Å². The third-order valence-corrected chi connectivity index (χ3v) is 6.94. The van der Waals surface area contributed by atoms with Gasteiger partial charge in [0.2, 0.25) is 0 Å². The van der Waals surface area contributed by atoms with Gasteiger partial charge in [-0.25, -0.2) is 0 Å². The lowest BCUT2D eigenvalue weighted by molar-refractivity contribution is -0.143. The summed E-state index contributed by atoms with van der Waals surface area (Å²) in [5, 5.41) is 0.439. The van der Waals surface area contributed by atoms with Crippen molar-refractivity contribution >= 4 is 18.6 Å². The van der Waals surface area contributed by atoms with Crippen LogP contribution in [0.3, 0.4) is 0 Å². The lowest BCUT2D eigenvalue weighted by atomic mass is 10.0. The largest absolute Gasteiger partial charge is 0.466 e. The number of hydrogen-bond acceptors (Lipinski definition) is 3. The fourth-order valence-corrected chi connectivity index (χ4v) is 4.60. The molecule has 0 N–H and O–H groups in total. The number of hydrogen-bond donors (Lipinski definition) is 1. The van der Waals surface area contributed by atoms with E-state index >= 15 is 0 Å². The average Bonchev–Trinajstić information content (AvgIpc) is 2.73. The standard InChI is InChI=1S/C29H58O2S/c1-26(2)20-15-11-7-5-9-13-17-22-28(32)23-19-24-29(30)31-25-18-14-10-6-8-12-16-21-27(3)4/h26-28,32H,5-25H2,1-4H3. The minimum absolute atomic E-state index is 0.0170. The fourth-order valence-electron chi connectivity index (χ4n) is 4.24. The first-order chi connectivity index (χ1) is 15.4. The summed E-state index contributed by atoms with van der Waals surface area (Å²) in [4.78, 5) is 11.9. The van der Waals surface area contributed by atoms with Crippen molar-refractivity contribution in [3.05, 3.63) is 0 Å². The Bertz CT molecular complexity index is 395. The van der Waals surface area contributed by atoms with Crippen LogP contribution in [0.1, 0.15) is 156 Å². The van der Waals surface area contributed by atoms with Crippen LogP contribution in [0.2, 0.25) is 0 Å². The highest BCUT2D eigenvalue weighted by Gasteiger charge is 2.07. The van der Waals surface area contributed by atoms with E-state index in [0.717, 1.165) is 31.1 Å². The molecule has 0 aliphatic rings. The summed E-state index contributed by atoms with van der Waals surface area (Å²) in [6.45, 7) is 9.84. The van der Waals surface area contributed by atoms with Gasteiger partial charge < -0.3 is 4.74 Å². The molecule has 32 heavy (non-hydrogen) atoms. The highest BCUT2D eigenvalue weighted by atomic mass is 32.1. The van der Waals surface area contributed by atoms with Crippen LogP contribution in [0.4, 0.5) is 0 Å². The van der Waals surface area contributed by atoms with E-state index in [1.807, 2.05) is 0 Å². The molecule has 0 saturated carbocycles. The number of carbonyl (C=O) groups is 1. The monoisotopic (exact) mass is 470 g/mol. The molecule has 0 heterocycles. The van der Waals surface area contributed by atoms with Gasteiger partial charge in [0.15, 0.2) is 0 Å². The zero-order chi connectivity index (χ0) is 23.9. The van der Waals surface area contributed by atoms with Crippen LogP contribution < -0.4 is 0 Å². The molecule has 0 amide bonds. The molecule has 0 saturated heterocycles. The summed E-state index contributed by atoms with van der Waals surface area (Å²) in [6, 6.07) is 0. The number of rotatable bonds is 24. The maximum absolute atomic E-state index is 11.9. The summed E-state index contributed by atoms with van der Waals surface area (Å²) >= 11 is 4.72. The van der Waals surface area contributed by atoms with Crippen molar-refractivity contribution < 1.29 is 9.53 Å². The number of esters is 1. The predicted octanol–water partition coefficient (Wildman–Crippen LogP) is 9.94. The molecule has 0 fully saturated rings. The van der Waals surface area contributed by atoms with Crippen molar-refractivity contribution in [2.24, 2.45) is 11.8 Å². The van der Waals surface area contributed by atoms with E-state index in [4.69, 9.17) is 17.4 Å². The van der Waals surface area contributed by atoms with Gasteiger partial charge in [0.25, 0.3) is 0 Å². The minimum atomic E-state index is -0.0170. The SMILES string of the molecule is CC(C)CCCCCCCCCOC(=O)CCCC(S)CCCCCCCCCC(C)C. The molecule has 2 nitrogen and oxygen atoms in total. The molecule has 0 radical (unpaired) electrons. The molecule has 0 aliphatic carbocycles. The first-order valence-corrected chi connectivity index (χ1v) is 14.8. The molecular weight excluding hydrogens is 412 g/mol. The Balaban J connectivity index is 3.31. The Hall–Kier alpha value is -0.180.